The average Bonchev–Trinajstić information content (AvgIpc) is 3.16. The van der Waals surface area contributed by atoms with Gasteiger partial charge >= 0.3 is 43.1 Å². The molecule has 1 amide bonds. The predicted octanol–water partition coefficient (Wildman–Crippen LogP) is -9.60. The SMILES string of the molecule is CC(=O)NC1C(O)C[C@](OP(=O)(O)OCC2OC(n3ccc(N)nc3=O)C(O)C2O)(C(=O)[O-])OC1C(O)C(O)CO.[Na+]. The number of nitrogen functional groups attached to an aromatic ring is 1. The molecule has 2 aliphatic rings. The van der Waals surface area contributed by atoms with Crippen molar-refractivity contribution < 1.29 is 103 Å². The molecule has 0 aromatic carbocycles. The van der Waals surface area contributed by atoms with E-state index in [1.807, 2.05) is 0 Å². The van der Waals surface area contributed by atoms with Crippen molar-refractivity contribution in [3.63, 3.8) is 0 Å². The number of nitrogens with zero attached hydrogens (tertiary/aromatic N) is 2. The van der Waals surface area contributed by atoms with Crippen LogP contribution < -0.4 is 51.4 Å². The second-order valence-electron chi connectivity index (χ2n) is 9.31. The normalized spacial score (nSPS) is 34.0. The van der Waals surface area contributed by atoms with Crippen LogP contribution in [0.4, 0.5) is 5.82 Å². The molecule has 2 saturated heterocycles. The summed E-state index contributed by atoms with van der Waals surface area (Å²) in [4.78, 5) is 49.4. The fourth-order valence-corrected chi connectivity index (χ4v) is 5.26. The first-order chi connectivity index (χ1) is 19.0. The van der Waals surface area contributed by atoms with Crippen molar-refractivity contribution >= 4 is 25.5 Å². The quantitative estimate of drug-likeness (QED) is 0.0804. The van der Waals surface area contributed by atoms with E-state index >= 15 is 0 Å². The Kier molecular flexibility index (Phi) is 12.6. The molecular weight excluding hydrogens is 606 g/mol. The minimum atomic E-state index is -5.56. The summed E-state index contributed by atoms with van der Waals surface area (Å²) < 4.78 is 33.5. The number of hydrogen-bond donors (Lipinski definition) is 9. The average molecular weight is 636 g/mol. The fraction of sp³-hybridized carbons (Fsp3) is 0.700. The molecule has 232 valence electrons. The monoisotopic (exact) mass is 636 g/mol. The van der Waals surface area contributed by atoms with Gasteiger partial charge in [-0.25, -0.2) is 13.9 Å². The Bertz CT molecular complexity index is 1220. The van der Waals surface area contributed by atoms with Crippen LogP contribution in [-0.2, 0) is 32.7 Å². The molecule has 22 heteroatoms. The van der Waals surface area contributed by atoms with Gasteiger partial charge in [-0.3, -0.25) is 13.9 Å². The van der Waals surface area contributed by atoms with Gasteiger partial charge in [-0.15, -0.1) is 0 Å². The second-order valence-corrected chi connectivity index (χ2v) is 10.7. The first-order valence-corrected chi connectivity index (χ1v) is 13.4. The zero-order chi connectivity index (χ0) is 30.9. The van der Waals surface area contributed by atoms with Gasteiger partial charge in [-0.05, 0) is 6.07 Å². The Morgan fingerprint density at radius 3 is 2.52 bits per heavy atom. The maximum Gasteiger partial charge on any atom is 1.00 e. The van der Waals surface area contributed by atoms with Gasteiger partial charge in [0.05, 0.1) is 25.4 Å². The minimum absolute atomic E-state index is 0. The Balaban J connectivity index is 0.00000616. The molecule has 1 aromatic rings. The first-order valence-electron chi connectivity index (χ1n) is 11.9. The van der Waals surface area contributed by atoms with E-state index in [0.717, 1.165) is 17.7 Å². The van der Waals surface area contributed by atoms with E-state index in [1.165, 1.54) is 6.07 Å². The van der Waals surface area contributed by atoms with Crippen LogP contribution in [-0.4, -0.2) is 125 Å². The number of ether oxygens (including phenoxy) is 2. The van der Waals surface area contributed by atoms with Crippen molar-refractivity contribution in [3.8, 4) is 0 Å². The fourth-order valence-electron chi connectivity index (χ4n) is 4.31. The number of carbonyl (C=O) groups is 2. The topological polar surface area (TPSA) is 326 Å². The standard InChI is InChI=1S/C20H31N4O16P.Na/c1-7(26)22-12-8(27)4-20(18(32)33,39-16(12)13(29)9(28)5-25)40-41(35,36)37-6-10-14(30)15(31)17(38-10)24-3-2-11(21)23-19(24)34;/h2-3,8-10,12-17,25,27-31H,4-6H2,1H3,(H,22,26)(H,32,33)(H,35,36)(H2,21,23,34);/q;+1/p-1/t8?,9?,10?,12?,13?,14?,15?,16?,17?,20-;/m0./s1. The van der Waals surface area contributed by atoms with Gasteiger partial charge in [0.2, 0.25) is 11.7 Å². The van der Waals surface area contributed by atoms with E-state index in [-0.39, 0.29) is 35.4 Å². The number of carboxylic acids is 1. The number of anilines is 1. The number of phosphoric acid groups is 1. The number of hydrogen-bond acceptors (Lipinski definition) is 17. The Labute approximate surface area is 258 Å². The van der Waals surface area contributed by atoms with Gasteiger partial charge in [0, 0.05) is 19.5 Å². The molecule has 10 unspecified atom stereocenters. The van der Waals surface area contributed by atoms with Crippen LogP contribution >= 0.6 is 7.82 Å². The molecule has 0 saturated carbocycles. The third-order valence-electron chi connectivity index (χ3n) is 6.30. The van der Waals surface area contributed by atoms with Crippen LogP contribution in [0.25, 0.3) is 0 Å². The Hall–Kier alpha value is -1.59. The van der Waals surface area contributed by atoms with Crippen molar-refractivity contribution in [2.24, 2.45) is 0 Å². The largest absolute Gasteiger partial charge is 1.00 e. The number of rotatable bonds is 11. The molecular formula is C20H30N4NaO16P. The number of carbonyl (C=O) groups excluding carboxylic acids is 2. The summed E-state index contributed by atoms with van der Waals surface area (Å²) in [6.45, 7) is -1.10. The summed E-state index contributed by atoms with van der Waals surface area (Å²) in [6, 6.07) is -0.396. The number of aliphatic hydroxyl groups excluding tert-OH is 6. The van der Waals surface area contributed by atoms with E-state index in [1.54, 1.807) is 0 Å². The number of amides is 1. The van der Waals surface area contributed by atoms with Gasteiger partial charge in [0.15, 0.2) is 6.23 Å². The summed E-state index contributed by atoms with van der Waals surface area (Å²) in [6.07, 6.45) is -14.9. The van der Waals surface area contributed by atoms with Gasteiger partial charge in [-0.2, -0.15) is 4.98 Å². The number of aliphatic hydroxyl groups is 6. The second kappa shape index (κ2) is 14.5. The van der Waals surface area contributed by atoms with Crippen LogP contribution in [0.1, 0.15) is 19.6 Å². The van der Waals surface area contributed by atoms with E-state index in [0.29, 0.717) is 0 Å². The molecule has 0 radical (unpaired) electrons. The van der Waals surface area contributed by atoms with E-state index in [4.69, 9.17) is 24.3 Å². The predicted molar refractivity (Wildman–Crippen MR) is 126 cm³/mol. The Morgan fingerprint density at radius 1 is 1.33 bits per heavy atom. The first kappa shape index (κ1) is 36.6. The van der Waals surface area contributed by atoms with Crippen molar-refractivity contribution in [2.45, 2.75) is 74.1 Å². The van der Waals surface area contributed by atoms with Crippen LogP contribution in [0.3, 0.4) is 0 Å². The molecule has 3 heterocycles. The molecule has 10 N–H and O–H groups in total. The third-order valence-corrected chi connectivity index (χ3v) is 7.30. The van der Waals surface area contributed by atoms with Crippen LogP contribution in [0, 0.1) is 0 Å². The molecule has 2 fully saturated rings. The zero-order valence-corrected chi connectivity index (χ0v) is 25.1. The van der Waals surface area contributed by atoms with Gasteiger partial charge in [-0.1, -0.05) is 0 Å². The van der Waals surface area contributed by atoms with Crippen molar-refractivity contribution in [3.05, 3.63) is 22.7 Å². The summed E-state index contributed by atoms with van der Waals surface area (Å²) in [5.74, 6) is -6.58. The number of aromatic nitrogens is 2. The van der Waals surface area contributed by atoms with E-state index in [9.17, 15) is 59.6 Å². The molecule has 0 aliphatic carbocycles. The summed E-state index contributed by atoms with van der Waals surface area (Å²) >= 11 is 0. The molecule has 0 bridgehead atoms. The molecule has 42 heavy (non-hydrogen) atoms. The molecule has 2 aliphatic heterocycles. The number of phosphoric ester groups is 1. The maximum atomic E-state index is 12.8. The van der Waals surface area contributed by atoms with Crippen LogP contribution in [0.15, 0.2) is 17.1 Å². The van der Waals surface area contributed by atoms with Crippen LogP contribution in [0.2, 0.25) is 0 Å². The van der Waals surface area contributed by atoms with Gasteiger partial charge < -0.3 is 66.0 Å². The molecule has 0 spiro atoms. The summed E-state index contributed by atoms with van der Waals surface area (Å²) in [5, 5.41) is 74.8. The van der Waals surface area contributed by atoms with E-state index in [2.05, 4.69) is 10.3 Å². The number of aliphatic carboxylic acids is 1. The van der Waals surface area contributed by atoms with Crippen molar-refractivity contribution in [1.82, 2.24) is 14.9 Å². The molecule has 3 rings (SSSR count). The molecule has 1 aromatic heterocycles. The number of nitrogens with two attached hydrogens (primary N) is 1. The molecule has 11 atom stereocenters. The van der Waals surface area contributed by atoms with Gasteiger partial charge in [0.1, 0.15) is 48.4 Å². The molecule has 20 nitrogen and oxygen atoms in total. The zero-order valence-electron chi connectivity index (χ0n) is 22.2. The number of carboxylic acid groups (broad SMARTS) is 1. The summed E-state index contributed by atoms with van der Waals surface area (Å²) in [7, 11) is -5.56. The maximum absolute atomic E-state index is 12.8. The van der Waals surface area contributed by atoms with Crippen molar-refractivity contribution in [2.75, 3.05) is 18.9 Å². The third kappa shape index (κ3) is 8.11. The van der Waals surface area contributed by atoms with Crippen molar-refractivity contribution in [1.29, 1.82) is 0 Å². The summed E-state index contributed by atoms with van der Waals surface area (Å²) in [5.41, 5.74) is 4.45. The Morgan fingerprint density at radius 2 is 1.98 bits per heavy atom. The van der Waals surface area contributed by atoms with Gasteiger partial charge in [0.25, 0.3) is 0 Å². The van der Waals surface area contributed by atoms with E-state index < -0.39 is 106 Å². The number of nitrogens with one attached hydrogen (secondary N) is 1. The smallest absolute Gasteiger partial charge is 0.544 e. The van der Waals surface area contributed by atoms with Crippen LogP contribution in [0.5, 0.6) is 0 Å². The minimum Gasteiger partial charge on any atom is -0.544 e.